The second kappa shape index (κ2) is 15.5. The molecule has 1 aromatic heterocycles. The van der Waals surface area contributed by atoms with Gasteiger partial charge in [0.2, 0.25) is 0 Å². The zero-order valence-corrected chi connectivity index (χ0v) is 28.4. The molecule has 3 heterocycles. The summed E-state index contributed by atoms with van der Waals surface area (Å²) in [5, 5.41) is 0.683. The first-order valence-corrected chi connectivity index (χ1v) is 17.2. The Morgan fingerprint density at radius 2 is 1.76 bits per heavy atom. The molecule has 0 saturated carbocycles. The van der Waals surface area contributed by atoms with Crippen molar-refractivity contribution in [2.75, 3.05) is 39.3 Å². The highest BCUT2D eigenvalue weighted by Gasteiger charge is 2.27. The number of fused-ring (bicyclic) bond motifs is 1. The summed E-state index contributed by atoms with van der Waals surface area (Å²) in [6.07, 6.45) is 7.58. The number of carbonyl (C=O) groups excluding carboxylic acids is 1. The van der Waals surface area contributed by atoms with Crippen molar-refractivity contribution in [3.63, 3.8) is 0 Å². The molecule has 1 unspecified atom stereocenters. The predicted octanol–water partition coefficient (Wildman–Crippen LogP) is 8.20. The number of carbonyl (C=O) groups is 1. The maximum atomic E-state index is 12.5. The van der Waals surface area contributed by atoms with Crippen LogP contribution >= 0.6 is 11.6 Å². The number of ether oxygens (including phenoxy) is 3. The molecule has 8 nitrogen and oxygen atoms in total. The third kappa shape index (κ3) is 9.76. The Bertz CT molecular complexity index is 1380. The van der Waals surface area contributed by atoms with E-state index in [1.54, 1.807) is 0 Å². The lowest BCUT2D eigenvalue weighted by molar-refractivity contribution is 0.0180. The Morgan fingerprint density at radius 1 is 0.978 bits per heavy atom. The first kappa shape index (κ1) is 33.4. The SMILES string of the molecule is CC1CCCN(CCCOc2cccc3c2nc(COc2ccc(Cl)cc2)n3CCCC2CCN(C(=O)OC(C)(C)C)CC2)C1. The van der Waals surface area contributed by atoms with Crippen molar-refractivity contribution in [2.45, 2.75) is 91.4 Å². The number of hydrogen-bond donors (Lipinski definition) is 0. The molecular weight excluding hydrogens is 588 g/mol. The fraction of sp³-hybridized carbons (Fsp3) is 0.611. The fourth-order valence-corrected chi connectivity index (χ4v) is 6.68. The monoisotopic (exact) mass is 638 g/mol. The molecule has 9 heteroatoms. The van der Waals surface area contributed by atoms with Gasteiger partial charge in [-0.2, -0.15) is 0 Å². The second-order valence-corrected chi connectivity index (χ2v) is 14.3. The largest absolute Gasteiger partial charge is 0.491 e. The number of hydrogen-bond acceptors (Lipinski definition) is 6. The van der Waals surface area contributed by atoms with Crippen molar-refractivity contribution < 1.29 is 19.0 Å². The van der Waals surface area contributed by atoms with Crippen molar-refractivity contribution in [1.82, 2.24) is 19.4 Å². The number of aromatic nitrogens is 2. The van der Waals surface area contributed by atoms with Gasteiger partial charge < -0.3 is 28.6 Å². The lowest BCUT2D eigenvalue weighted by Crippen LogP contribution is -2.41. The van der Waals surface area contributed by atoms with Crippen molar-refractivity contribution >= 4 is 28.7 Å². The molecule has 246 valence electrons. The van der Waals surface area contributed by atoms with Crippen LogP contribution in [0.5, 0.6) is 11.5 Å². The van der Waals surface area contributed by atoms with E-state index < -0.39 is 5.60 Å². The van der Waals surface area contributed by atoms with Crippen LogP contribution in [-0.4, -0.2) is 70.4 Å². The summed E-state index contributed by atoms with van der Waals surface area (Å²) >= 11 is 6.08. The summed E-state index contributed by atoms with van der Waals surface area (Å²) in [7, 11) is 0. The maximum Gasteiger partial charge on any atom is 0.410 e. The summed E-state index contributed by atoms with van der Waals surface area (Å²) < 4.78 is 20.4. The van der Waals surface area contributed by atoms with E-state index in [0.29, 0.717) is 24.2 Å². The topological polar surface area (TPSA) is 69.1 Å². The van der Waals surface area contributed by atoms with Crippen LogP contribution in [0.2, 0.25) is 5.02 Å². The van der Waals surface area contributed by atoms with Crippen molar-refractivity contribution in [3.05, 3.63) is 53.3 Å². The lowest BCUT2D eigenvalue weighted by Gasteiger charge is -2.33. The highest BCUT2D eigenvalue weighted by atomic mass is 35.5. The van der Waals surface area contributed by atoms with Gasteiger partial charge in [-0.15, -0.1) is 0 Å². The normalized spacial score (nSPS) is 18.3. The summed E-state index contributed by atoms with van der Waals surface area (Å²) in [5.74, 6) is 3.86. The standard InChI is InChI=1S/C36H51ClN4O4/c1-27-9-6-19-39(25-27)20-8-24-43-32-12-5-11-31-34(32)38-33(26-44-30-15-13-29(37)14-16-30)41(31)21-7-10-28-17-22-40(23-18-28)35(42)45-36(2,3)4/h5,11-16,27-28H,6-10,17-26H2,1-4H3. The van der Waals surface area contributed by atoms with Gasteiger partial charge in [-0.25, -0.2) is 9.78 Å². The van der Waals surface area contributed by atoms with E-state index in [9.17, 15) is 4.79 Å². The van der Waals surface area contributed by atoms with Gasteiger partial charge in [0.15, 0.2) is 0 Å². The summed E-state index contributed by atoms with van der Waals surface area (Å²) in [6.45, 7) is 15.0. The predicted molar refractivity (Wildman–Crippen MR) is 180 cm³/mol. The molecule has 0 radical (unpaired) electrons. The molecule has 0 aliphatic carbocycles. The van der Waals surface area contributed by atoms with Crippen LogP contribution in [0, 0.1) is 11.8 Å². The Balaban J connectivity index is 1.21. The molecule has 2 fully saturated rings. The molecule has 2 aromatic carbocycles. The summed E-state index contributed by atoms with van der Waals surface area (Å²) in [5.41, 5.74) is 1.50. The minimum absolute atomic E-state index is 0.199. The van der Waals surface area contributed by atoms with Gasteiger partial charge in [0.1, 0.15) is 35.0 Å². The van der Waals surface area contributed by atoms with Gasteiger partial charge >= 0.3 is 6.09 Å². The number of likely N-dealkylation sites (tertiary alicyclic amines) is 2. The van der Waals surface area contributed by atoms with E-state index in [-0.39, 0.29) is 6.09 Å². The molecule has 1 atom stereocenters. The van der Waals surface area contributed by atoms with Gasteiger partial charge in [-0.1, -0.05) is 24.6 Å². The van der Waals surface area contributed by atoms with Crippen molar-refractivity contribution in [3.8, 4) is 11.5 Å². The number of piperidine rings is 2. The number of imidazole rings is 1. The number of benzene rings is 2. The van der Waals surface area contributed by atoms with Gasteiger partial charge in [-0.3, -0.25) is 0 Å². The molecule has 0 bridgehead atoms. The minimum atomic E-state index is -0.465. The zero-order valence-electron chi connectivity index (χ0n) is 27.6. The van der Waals surface area contributed by atoms with Crippen LogP contribution in [0.25, 0.3) is 11.0 Å². The van der Waals surface area contributed by atoms with Crippen LogP contribution in [0.4, 0.5) is 4.79 Å². The Kier molecular flexibility index (Phi) is 11.5. The van der Waals surface area contributed by atoms with Crippen molar-refractivity contribution in [2.24, 2.45) is 11.8 Å². The van der Waals surface area contributed by atoms with E-state index in [0.717, 1.165) is 92.6 Å². The molecule has 5 rings (SSSR count). The van der Waals surface area contributed by atoms with Crippen LogP contribution in [0.15, 0.2) is 42.5 Å². The Hall–Kier alpha value is -2.97. The molecule has 0 spiro atoms. The molecule has 45 heavy (non-hydrogen) atoms. The number of amides is 1. The molecule has 2 aliphatic heterocycles. The van der Waals surface area contributed by atoms with Crippen LogP contribution in [-0.2, 0) is 17.9 Å². The fourth-order valence-electron chi connectivity index (χ4n) is 6.55. The van der Waals surface area contributed by atoms with E-state index in [1.165, 1.54) is 25.9 Å². The number of rotatable bonds is 12. The van der Waals surface area contributed by atoms with E-state index in [2.05, 4.69) is 28.5 Å². The van der Waals surface area contributed by atoms with Crippen LogP contribution in [0.3, 0.4) is 0 Å². The third-order valence-electron chi connectivity index (χ3n) is 8.88. The molecule has 2 aliphatic rings. The molecule has 3 aromatic rings. The summed E-state index contributed by atoms with van der Waals surface area (Å²) in [4.78, 5) is 22.0. The number of para-hydroxylation sites is 1. The smallest absolute Gasteiger partial charge is 0.410 e. The quantitative estimate of drug-likeness (QED) is 0.186. The number of halogens is 1. The van der Waals surface area contributed by atoms with E-state index in [1.807, 2.05) is 56.0 Å². The first-order chi connectivity index (χ1) is 21.6. The molecule has 1 amide bonds. The minimum Gasteiger partial charge on any atom is -0.491 e. The lowest BCUT2D eigenvalue weighted by atomic mass is 9.92. The average molecular weight is 639 g/mol. The molecular formula is C36H51ClN4O4. The average Bonchev–Trinajstić information content (AvgIpc) is 3.36. The Morgan fingerprint density at radius 3 is 2.49 bits per heavy atom. The van der Waals surface area contributed by atoms with Crippen LogP contribution in [0.1, 0.15) is 78.5 Å². The summed E-state index contributed by atoms with van der Waals surface area (Å²) in [6, 6.07) is 13.7. The molecule has 0 N–H and O–H groups in total. The second-order valence-electron chi connectivity index (χ2n) is 13.8. The van der Waals surface area contributed by atoms with Gasteiger partial charge in [-0.05, 0) is 120 Å². The number of nitrogens with zero attached hydrogens (tertiary/aromatic N) is 4. The van der Waals surface area contributed by atoms with Crippen molar-refractivity contribution in [1.29, 1.82) is 0 Å². The van der Waals surface area contributed by atoms with Gasteiger partial charge in [0, 0.05) is 37.7 Å². The maximum absolute atomic E-state index is 12.5. The van der Waals surface area contributed by atoms with E-state index in [4.69, 9.17) is 30.8 Å². The number of aryl methyl sites for hydroxylation is 1. The van der Waals surface area contributed by atoms with Gasteiger partial charge in [0.25, 0.3) is 0 Å². The Labute approximate surface area is 274 Å². The van der Waals surface area contributed by atoms with E-state index >= 15 is 0 Å². The molecule has 2 saturated heterocycles. The zero-order chi connectivity index (χ0) is 31.8. The van der Waals surface area contributed by atoms with Gasteiger partial charge in [0.05, 0.1) is 12.1 Å². The van der Waals surface area contributed by atoms with Crippen LogP contribution < -0.4 is 9.47 Å². The highest BCUT2D eigenvalue weighted by Crippen LogP contribution is 2.29. The first-order valence-electron chi connectivity index (χ1n) is 16.8. The third-order valence-corrected chi connectivity index (χ3v) is 9.13. The highest BCUT2D eigenvalue weighted by molar-refractivity contribution is 6.30.